The van der Waals surface area contributed by atoms with E-state index in [0.29, 0.717) is 0 Å². The van der Waals surface area contributed by atoms with Crippen LogP contribution in [0.1, 0.15) is 26.3 Å². The maximum atomic E-state index is 10.9. The zero-order valence-corrected chi connectivity index (χ0v) is 12.7. The summed E-state index contributed by atoms with van der Waals surface area (Å²) in [5, 5.41) is 9.30. The van der Waals surface area contributed by atoms with Crippen molar-refractivity contribution in [2.24, 2.45) is 0 Å². The number of hydrogen-bond donors (Lipinski definition) is 2. The Morgan fingerprint density at radius 2 is 1.69 bits per heavy atom. The van der Waals surface area contributed by atoms with E-state index in [1.165, 1.54) is 12.1 Å². The number of phenols is 1. The second-order valence-corrected chi connectivity index (χ2v) is 5.80. The molecular weight excluding hydrogens is 239 g/mol. The van der Waals surface area contributed by atoms with Gasteiger partial charge in [0, 0.05) is 0 Å². The molecule has 0 saturated carbocycles. The van der Waals surface area contributed by atoms with E-state index in [2.05, 4.69) is 0 Å². The fourth-order valence-corrected chi connectivity index (χ4v) is 1.80. The van der Waals surface area contributed by atoms with Crippen molar-refractivity contribution >= 4 is 10.1 Å². The second kappa shape index (κ2) is 5.06. The molecular formula is C10H14NaO4S+. The molecule has 0 saturated heterocycles. The molecule has 0 fully saturated rings. The van der Waals surface area contributed by atoms with Crippen molar-refractivity contribution < 1.29 is 47.6 Å². The Morgan fingerprint density at radius 1 is 1.19 bits per heavy atom. The minimum Gasteiger partial charge on any atom is -0.506 e. The molecule has 0 spiro atoms. The van der Waals surface area contributed by atoms with Gasteiger partial charge >= 0.3 is 29.6 Å². The van der Waals surface area contributed by atoms with Gasteiger partial charge in [0.15, 0.2) is 0 Å². The Labute approximate surface area is 118 Å². The molecule has 0 aliphatic heterocycles. The van der Waals surface area contributed by atoms with Gasteiger partial charge in [0.25, 0.3) is 10.1 Å². The molecule has 0 atom stereocenters. The molecule has 1 rings (SSSR count). The van der Waals surface area contributed by atoms with Crippen LogP contribution in [0, 0.1) is 0 Å². The van der Waals surface area contributed by atoms with Gasteiger partial charge in [-0.2, -0.15) is 8.42 Å². The molecule has 0 unspecified atom stereocenters. The molecule has 0 aromatic heterocycles. The molecule has 0 heterocycles. The molecule has 0 aliphatic carbocycles. The fraction of sp³-hybridized carbons (Fsp3) is 0.400. The Morgan fingerprint density at radius 3 is 2.06 bits per heavy atom. The van der Waals surface area contributed by atoms with Gasteiger partial charge in [0.1, 0.15) is 10.6 Å². The van der Waals surface area contributed by atoms with Crippen molar-refractivity contribution in [2.75, 3.05) is 0 Å². The number of rotatable bonds is 1. The summed E-state index contributed by atoms with van der Waals surface area (Å²) in [5.74, 6) is -0.439. The first kappa shape index (κ1) is 15.9. The third-order valence-electron chi connectivity index (χ3n) is 2.10. The Kier molecular flexibility index (Phi) is 5.04. The van der Waals surface area contributed by atoms with Crippen LogP contribution in [0.15, 0.2) is 23.1 Å². The van der Waals surface area contributed by atoms with Crippen LogP contribution in [0.3, 0.4) is 0 Å². The summed E-state index contributed by atoms with van der Waals surface area (Å²) in [5.41, 5.74) is 0.487. The molecule has 2 N–H and O–H groups in total. The zero-order valence-electron chi connectivity index (χ0n) is 9.85. The number of benzene rings is 1. The predicted octanol–water partition coefficient (Wildman–Crippen LogP) is -1.06. The van der Waals surface area contributed by atoms with Crippen molar-refractivity contribution in [1.82, 2.24) is 0 Å². The van der Waals surface area contributed by atoms with Gasteiger partial charge in [-0.05, 0) is 23.1 Å². The first-order valence-corrected chi connectivity index (χ1v) is 5.87. The summed E-state index contributed by atoms with van der Waals surface area (Å²) < 4.78 is 30.7. The van der Waals surface area contributed by atoms with E-state index in [1.54, 1.807) is 6.07 Å². The quantitative estimate of drug-likeness (QED) is 0.494. The molecule has 16 heavy (non-hydrogen) atoms. The Hall–Kier alpha value is -0.0700. The Bertz CT molecular complexity index is 474. The first-order chi connectivity index (χ1) is 6.62. The first-order valence-electron chi connectivity index (χ1n) is 4.43. The molecule has 1 aromatic carbocycles. The van der Waals surface area contributed by atoms with Crippen LogP contribution in [0.25, 0.3) is 0 Å². The number of hydrogen-bond acceptors (Lipinski definition) is 3. The van der Waals surface area contributed by atoms with Crippen LogP contribution in [0.5, 0.6) is 5.75 Å². The summed E-state index contributed by atoms with van der Waals surface area (Å²) in [6, 6.07) is 4.18. The number of phenolic OH excluding ortho intramolecular Hbond substituents is 1. The van der Waals surface area contributed by atoms with Crippen molar-refractivity contribution in [3.8, 4) is 5.75 Å². The topological polar surface area (TPSA) is 74.6 Å². The molecule has 0 radical (unpaired) electrons. The van der Waals surface area contributed by atoms with Crippen LogP contribution in [0.4, 0.5) is 0 Å². The third-order valence-corrected chi connectivity index (χ3v) is 2.99. The maximum absolute atomic E-state index is 10.9. The Balaban J connectivity index is 0.00000225. The summed E-state index contributed by atoms with van der Waals surface area (Å²) >= 11 is 0. The maximum Gasteiger partial charge on any atom is 1.00 e. The van der Waals surface area contributed by atoms with Crippen LogP contribution in [0.2, 0.25) is 0 Å². The average Bonchev–Trinajstić information content (AvgIpc) is 2.00. The minimum atomic E-state index is -4.37. The van der Waals surface area contributed by atoms with Gasteiger partial charge in [-0.15, -0.1) is 0 Å². The normalized spacial score (nSPS) is 12.0. The monoisotopic (exact) mass is 253 g/mol. The average molecular weight is 253 g/mol. The molecule has 84 valence electrons. The van der Waals surface area contributed by atoms with Crippen LogP contribution >= 0.6 is 0 Å². The van der Waals surface area contributed by atoms with Crippen molar-refractivity contribution in [3.05, 3.63) is 23.8 Å². The van der Waals surface area contributed by atoms with Crippen LogP contribution in [-0.2, 0) is 15.5 Å². The number of aromatic hydroxyl groups is 1. The van der Waals surface area contributed by atoms with Crippen molar-refractivity contribution in [1.29, 1.82) is 0 Å². The fourth-order valence-electron chi connectivity index (χ4n) is 1.19. The van der Waals surface area contributed by atoms with E-state index < -0.39 is 20.8 Å². The largest absolute Gasteiger partial charge is 1.00 e. The third kappa shape index (κ3) is 3.75. The molecule has 1 aromatic rings. The molecule has 0 aliphatic rings. The zero-order chi connectivity index (χ0) is 11.9. The second-order valence-electron chi connectivity index (χ2n) is 4.41. The van der Waals surface area contributed by atoms with Crippen molar-refractivity contribution in [3.63, 3.8) is 0 Å². The van der Waals surface area contributed by atoms with E-state index in [-0.39, 0.29) is 35.0 Å². The van der Waals surface area contributed by atoms with E-state index in [1.807, 2.05) is 20.8 Å². The molecule has 6 heteroatoms. The molecule has 4 nitrogen and oxygen atoms in total. The van der Waals surface area contributed by atoms with Gasteiger partial charge in [-0.25, -0.2) is 0 Å². The SMILES string of the molecule is CC(C)(C)c1ccc(O)c(S(=O)(=O)O)c1.[Na+]. The van der Waals surface area contributed by atoms with E-state index in [4.69, 9.17) is 4.55 Å². The summed E-state index contributed by atoms with van der Waals surface area (Å²) in [6.07, 6.45) is 0. The van der Waals surface area contributed by atoms with E-state index >= 15 is 0 Å². The summed E-state index contributed by atoms with van der Waals surface area (Å²) in [4.78, 5) is -0.449. The van der Waals surface area contributed by atoms with Gasteiger partial charge in [0.2, 0.25) is 0 Å². The van der Waals surface area contributed by atoms with E-state index in [0.717, 1.165) is 5.56 Å². The van der Waals surface area contributed by atoms with Gasteiger partial charge in [-0.3, -0.25) is 4.55 Å². The smallest absolute Gasteiger partial charge is 0.506 e. The van der Waals surface area contributed by atoms with Crippen molar-refractivity contribution in [2.45, 2.75) is 31.1 Å². The molecule has 0 amide bonds. The van der Waals surface area contributed by atoms with Crippen LogP contribution in [-0.4, -0.2) is 18.1 Å². The predicted molar refractivity (Wildman–Crippen MR) is 56.6 cm³/mol. The van der Waals surface area contributed by atoms with Gasteiger partial charge in [0.05, 0.1) is 0 Å². The van der Waals surface area contributed by atoms with Gasteiger partial charge < -0.3 is 5.11 Å². The summed E-state index contributed by atoms with van der Waals surface area (Å²) in [6.45, 7) is 5.73. The standard InChI is InChI=1S/C10H14O4S.Na/c1-10(2,3)7-4-5-8(11)9(6-7)15(12,13)14;/h4-6,11H,1-3H3,(H,12,13,14);/q;+1. The van der Waals surface area contributed by atoms with Gasteiger partial charge in [-0.1, -0.05) is 26.8 Å². The van der Waals surface area contributed by atoms with Crippen LogP contribution < -0.4 is 29.6 Å². The molecule has 0 bridgehead atoms. The van der Waals surface area contributed by atoms with E-state index in [9.17, 15) is 13.5 Å². The summed E-state index contributed by atoms with van der Waals surface area (Å²) in [7, 11) is -4.37. The minimum absolute atomic E-state index is 0.